The van der Waals surface area contributed by atoms with Crippen molar-refractivity contribution in [2.75, 3.05) is 0 Å². The van der Waals surface area contributed by atoms with Crippen LogP contribution in [0.5, 0.6) is 11.5 Å². The molecule has 3 rings (SSSR count). The molecule has 27 heavy (non-hydrogen) atoms. The molecule has 0 bridgehead atoms. The highest BCUT2D eigenvalue weighted by Gasteiger charge is 2.30. The first-order chi connectivity index (χ1) is 12.9. The summed E-state index contributed by atoms with van der Waals surface area (Å²) < 4.78 is 45.8. The molecule has 5 nitrogen and oxygen atoms in total. The van der Waals surface area contributed by atoms with Gasteiger partial charge in [-0.1, -0.05) is 35.5 Å². The Hall–Kier alpha value is -2.39. The summed E-state index contributed by atoms with van der Waals surface area (Å²) in [6.45, 7) is 0.221. The summed E-state index contributed by atoms with van der Waals surface area (Å²) in [5.41, 5.74) is 0.818. The first kappa shape index (κ1) is 19.4. The predicted molar refractivity (Wildman–Crippen MR) is 94.9 cm³/mol. The number of rotatable bonds is 7. The van der Waals surface area contributed by atoms with Gasteiger partial charge in [-0.25, -0.2) is 4.98 Å². The topological polar surface area (TPSA) is 60.0 Å². The molecule has 1 heterocycles. The standard InChI is InChI=1S/C17H13ClF3N3O2S/c18-12-3-7-13(8-4-12)25-9-15-22-16(24-23-15)27-10-11-1-5-14(6-2-11)26-17(19,20)21/h1-8H,9-10H2,(H,22,23,24). The van der Waals surface area contributed by atoms with Gasteiger partial charge in [-0.05, 0) is 42.0 Å². The maximum absolute atomic E-state index is 12.1. The number of aromatic nitrogens is 3. The van der Waals surface area contributed by atoms with Crippen molar-refractivity contribution in [3.63, 3.8) is 0 Å². The van der Waals surface area contributed by atoms with E-state index in [1.54, 1.807) is 36.4 Å². The smallest absolute Gasteiger partial charge is 0.486 e. The summed E-state index contributed by atoms with van der Waals surface area (Å²) in [5.74, 6) is 1.46. The third-order valence-electron chi connectivity index (χ3n) is 3.23. The van der Waals surface area contributed by atoms with Crippen LogP contribution in [0.2, 0.25) is 5.02 Å². The number of thioether (sulfide) groups is 1. The van der Waals surface area contributed by atoms with Crippen LogP contribution in [0.15, 0.2) is 53.7 Å². The van der Waals surface area contributed by atoms with Crippen molar-refractivity contribution in [1.29, 1.82) is 0 Å². The number of hydrogen-bond acceptors (Lipinski definition) is 5. The summed E-state index contributed by atoms with van der Waals surface area (Å²) in [6, 6.07) is 12.6. The minimum Gasteiger partial charge on any atom is -0.486 e. The number of benzene rings is 2. The average Bonchev–Trinajstić information content (AvgIpc) is 3.07. The number of nitrogens with one attached hydrogen (secondary N) is 1. The van der Waals surface area contributed by atoms with Crippen molar-refractivity contribution in [3.05, 3.63) is 64.9 Å². The highest BCUT2D eigenvalue weighted by atomic mass is 35.5. The summed E-state index contributed by atoms with van der Waals surface area (Å²) >= 11 is 7.16. The molecule has 3 aromatic rings. The number of ether oxygens (including phenoxy) is 2. The number of nitrogens with zero attached hydrogens (tertiary/aromatic N) is 2. The number of alkyl halides is 3. The Labute approximate surface area is 161 Å². The van der Waals surface area contributed by atoms with Gasteiger partial charge in [0.1, 0.15) is 18.1 Å². The molecule has 0 aliphatic rings. The van der Waals surface area contributed by atoms with Gasteiger partial charge in [-0.2, -0.15) is 0 Å². The third-order valence-corrected chi connectivity index (χ3v) is 4.40. The molecule has 0 radical (unpaired) electrons. The van der Waals surface area contributed by atoms with Crippen LogP contribution in [-0.2, 0) is 12.4 Å². The molecule has 2 aromatic carbocycles. The fraction of sp³-hybridized carbons (Fsp3) is 0.176. The van der Waals surface area contributed by atoms with Crippen molar-refractivity contribution >= 4 is 23.4 Å². The van der Waals surface area contributed by atoms with E-state index >= 15 is 0 Å². The Kier molecular flexibility index (Phi) is 6.12. The van der Waals surface area contributed by atoms with Crippen LogP contribution in [-0.4, -0.2) is 21.5 Å². The Morgan fingerprint density at radius 3 is 2.33 bits per heavy atom. The lowest BCUT2D eigenvalue weighted by Crippen LogP contribution is -2.16. The molecule has 1 N–H and O–H groups in total. The summed E-state index contributed by atoms with van der Waals surface area (Å²) in [6.07, 6.45) is -4.69. The summed E-state index contributed by atoms with van der Waals surface area (Å²) in [4.78, 5) is 4.30. The number of H-pyrrole nitrogens is 1. The minimum absolute atomic E-state index is 0.221. The molecule has 0 amide bonds. The Morgan fingerprint density at radius 2 is 1.67 bits per heavy atom. The molecule has 1 aromatic heterocycles. The van der Waals surface area contributed by atoms with Crippen molar-refractivity contribution in [3.8, 4) is 11.5 Å². The molecule has 10 heteroatoms. The Bertz CT molecular complexity index is 870. The molecular formula is C17H13ClF3N3O2S. The lowest BCUT2D eigenvalue weighted by Gasteiger charge is -2.08. The number of halogens is 4. The van der Waals surface area contributed by atoms with Gasteiger partial charge in [0.25, 0.3) is 0 Å². The second kappa shape index (κ2) is 8.53. The molecule has 0 atom stereocenters. The van der Waals surface area contributed by atoms with Gasteiger partial charge in [0, 0.05) is 10.8 Å². The second-order valence-corrected chi connectivity index (χ2v) is 6.67. The van der Waals surface area contributed by atoms with Gasteiger partial charge in [-0.15, -0.1) is 18.3 Å². The minimum atomic E-state index is -4.69. The normalized spacial score (nSPS) is 11.4. The van der Waals surface area contributed by atoms with E-state index < -0.39 is 6.36 Å². The molecule has 0 spiro atoms. The van der Waals surface area contributed by atoms with E-state index in [9.17, 15) is 13.2 Å². The van der Waals surface area contributed by atoms with E-state index in [4.69, 9.17) is 16.3 Å². The van der Waals surface area contributed by atoms with Crippen molar-refractivity contribution in [2.45, 2.75) is 23.9 Å². The van der Waals surface area contributed by atoms with Crippen LogP contribution < -0.4 is 9.47 Å². The van der Waals surface area contributed by atoms with E-state index in [-0.39, 0.29) is 12.4 Å². The van der Waals surface area contributed by atoms with Crippen LogP contribution in [0.4, 0.5) is 13.2 Å². The fourth-order valence-electron chi connectivity index (χ4n) is 2.02. The lowest BCUT2D eigenvalue weighted by atomic mass is 10.2. The van der Waals surface area contributed by atoms with E-state index in [0.29, 0.717) is 27.5 Å². The van der Waals surface area contributed by atoms with E-state index in [1.165, 1.54) is 23.9 Å². The van der Waals surface area contributed by atoms with E-state index in [1.807, 2.05) is 0 Å². The van der Waals surface area contributed by atoms with Crippen molar-refractivity contribution in [1.82, 2.24) is 15.2 Å². The quantitative estimate of drug-likeness (QED) is 0.535. The first-order valence-electron chi connectivity index (χ1n) is 7.64. The highest BCUT2D eigenvalue weighted by molar-refractivity contribution is 7.98. The fourth-order valence-corrected chi connectivity index (χ4v) is 2.92. The zero-order valence-corrected chi connectivity index (χ0v) is 15.2. The largest absolute Gasteiger partial charge is 0.573 e. The van der Waals surface area contributed by atoms with Gasteiger partial charge >= 0.3 is 6.36 Å². The number of aromatic amines is 1. The average molecular weight is 416 g/mol. The highest BCUT2D eigenvalue weighted by Crippen LogP contribution is 2.25. The van der Waals surface area contributed by atoms with Crippen molar-refractivity contribution in [2.24, 2.45) is 0 Å². The zero-order chi connectivity index (χ0) is 19.3. The molecule has 0 fully saturated rings. The van der Waals surface area contributed by atoms with Gasteiger partial charge in [-0.3, -0.25) is 5.10 Å². The number of hydrogen-bond donors (Lipinski definition) is 1. The Balaban J connectivity index is 1.48. The lowest BCUT2D eigenvalue weighted by molar-refractivity contribution is -0.274. The summed E-state index contributed by atoms with van der Waals surface area (Å²) in [5, 5.41) is 7.99. The molecule has 0 saturated carbocycles. The van der Waals surface area contributed by atoms with Crippen LogP contribution >= 0.6 is 23.4 Å². The second-order valence-electron chi connectivity index (χ2n) is 5.29. The maximum atomic E-state index is 12.1. The predicted octanol–water partition coefficient (Wildman–Crippen LogP) is 5.23. The van der Waals surface area contributed by atoms with Gasteiger partial charge in [0.05, 0.1) is 0 Å². The van der Waals surface area contributed by atoms with Crippen LogP contribution in [0.25, 0.3) is 0 Å². The molecule has 0 saturated heterocycles. The van der Waals surface area contributed by atoms with Gasteiger partial charge < -0.3 is 9.47 Å². The van der Waals surface area contributed by atoms with Crippen LogP contribution in [0.3, 0.4) is 0 Å². The maximum Gasteiger partial charge on any atom is 0.573 e. The zero-order valence-electron chi connectivity index (χ0n) is 13.7. The Morgan fingerprint density at radius 1 is 1.00 bits per heavy atom. The molecule has 0 aliphatic heterocycles. The van der Waals surface area contributed by atoms with E-state index in [0.717, 1.165) is 5.56 Å². The van der Waals surface area contributed by atoms with Crippen LogP contribution in [0, 0.1) is 0 Å². The third kappa shape index (κ3) is 6.37. The molecule has 0 unspecified atom stereocenters. The van der Waals surface area contributed by atoms with E-state index in [2.05, 4.69) is 19.9 Å². The molecule has 142 valence electrons. The summed E-state index contributed by atoms with van der Waals surface area (Å²) in [7, 11) is 0. The monoisotopic (exact) mass is 415 g/mol. The van der Waals surface area contributed by atoms with Gasteiger partial charge in [0.15, 0.2) is 5.82 Å². The van der Waals surface area contributed by atoms with Crippen LogP contribution in [0.1, 0.15) is 11.4 Å². The SMILES string of the molecule is FC(F)(F)Oc1ccc(CSc2n[nH]c(COc3ccc(Cl)cc3)n2)cc1. The van der Waals surface area contributed by atoms with Crippen molar-refractivity contribution < 1.29 is 22.6 Å². The first-order valence-corrected chi connectivity index (χ1v) is 9.01. The molecule has 0 aliphatic carbocycles. The molecular weight excluding hydrogens is 403 g/mol. The van der Waals surface area contributed by atoms with Gasteiger partial charge in [0.2, 0.25) is 5.16 Å².